The lowest BCUT2D eigenvalue weighted by Crippen LogP contribution is -2.47. The summed E-state index contributed by atoms with van der Waals surface area (Å²) in [5.74, 6) is -2.66. The Morgan fingerprint density at radius 1 is 0.970 bits per heavy atom. The van der Waals surface area contributed by atoms with Crippen LogP contribution < -0.4 is 10.6 Å². The van der Waals surface area contributed by atoms with Crippen molar-refractivity contribution in [1.82, 2.24) is 10.6 Å². The summed E-state index contributed by atoms with van der Waals surface area (Å²) in [6.07, 6.45) is -5.32. The minimum absolute atomic E-state index is 0.0837. The van der Waals surface area contributed by atoms with Gasteiger partial charge in [-0.3, -0.25) is 4.79 Å². The second-order valence-electron chi connectivity index (χ2n) is 7.59. The number of ether oxygens (including phenoxy) is 1. The lowest BCUT2D eigenvalue weighted by Gasteiger charge is -2.20. The minimum atomic E-state index is -3.09. The van der Waals surface area contributed by atoms with Gasteiger partial charge in [0.25, 0.3) is 6.43 Å². The normalized spacial score (nSPS) is 14.2. The van der Waals surface area contributed by atoms with Crippen LogP contribution in [0.2, 0.25) is 0 Å². The van der Waals surface area contributed by atoms with Crippen molar-refractivity contribution in [3.05, 3.63) is 59.7 Å². The van der Waals surface area contributed by atoms with Crippen LogP contribution in [0.25, 0.3) is 11.1 Å². The lowest BCUT2D eigenvalue weighted by atomic mass is 9.98. The Labute approximate surface area is 188 Å². The number of carboxylic acid groups (broad SMARTS) is 1. The molecule has 8 nitrogen and oxygen atoms in total. The summed E-state index contributed by atoms with van der Waals surface area (Å²) in [5.41, 5.74) is 3.94. The van der Waals surface area contributed by atoms with Crippen molar-refractivity contribution in [3.63, 3.8) is 0 Å². The number of benzene rings is 2. The van der Waals surface area contributed by atoms with E-state index in [0.29, 0.717) is 0 Å². The number of rotatable bonds is 10. The number of carbonyl (C=O) groups excluding carboxylic acids is 2. The molecule has 0 bridgehead atoms. The zero-order valence-electron chi connectivity index (χ0n) is 17.5. The smallest absolute Gasteiger partial charge is 0.407 e. The number of nitrogens with one attached hydrogen (secondary N) is 2. The van der Waals surface area contributed by atoms with E-state index < -0.39 is 49.5 Å². The first-order valence-corrected chi connectivity index (χ1v) is 10.3. The summed E-state index contributed by atoms with van der Waals surface area (Å²) in [6, 6.07) is 12.0. The Morgan fingerprint density at radius 2 is 1.55 bits per heavy atom. The van der Waals surface area contributed by atoms with Gasteiger partial charge in [0.1, 0.15) is 18.7 Å². The summed E-state index contributed by atoms with van der Waals surface area (Å²) >= 11 is 0. The van der Waals surface area contributed by atoms with Gasteiger partial charge in [-0.15, -0.1) is 0 Å². The molecule has 2 aromatic rings. The van der Waals surface area contributed by atoms with Crippen LogP contribution in [0.5, 0.6) is 0 Å². The van der Waals surface area contributed by atoms with Gasteiger partial charge in [0.2, 0.25) is 5.91 Å². The Kier molecular flexibility index (Phi) is 7.94. The molecule has 0 saturated heterocycles. The van der Waals surface area contributed by atoms with E-state index in [1.54, 1.807) is 0 Å². The molecule has 2 atom stereocenters. The van der Waals surface area contributed by atoms with E-state index in [1.165, 1.54) is 0 Å². The molecular weight excluding hydrogens is 438 g/mol. The van der Waals surface area contributed by atoms with Crippen molar-refractivity contribution >= 4 is 18.0 Å². The monoisotopic (exact) mass is 462 g/mol. The zero-order valence-corrected chi connectivity index (χ0v) is 17.5. The molecule has 1 aliphatic carbocycles. The lowest BCUT2D eigenvalue weighted by molar-refractivity contribution is -0.142. The maximum atomic E-state index is 13.4. The Bertz CT molecular complexity index is 970. The van der Waals surface area contributed by atoms with Crippen molar-refractivity contribution in [1.29, 1.82) is 0 Å². The quantitative estimate of drug-likeness (QED) is 0.430. The highest BCUT2D eigenvalue weighted by atomic mass is 19.3. The zero-order chi connectivity index (χ0) is 24.0. The number of aliphatic hydroxyl groups is 1. The van der Waals surface area contributed by atoms with E-state index in [9.17, 15) is 23.2 Å². The molecule has 0 aromatic heterocycles. The average Bonchev–Trinajstić information content (AvgIpc) is 3.10. The van der Waals surface area contributed by atoms with Gasteiger partial charge in [-0.05, 0) is 22.3 Å². The number of aliphatic carboxylic acids is 1. The van der Waals surface area contributed by atoms with E-state index in [1.807, 2.05) is 53.8 Å². The number of alkyl halides is 2. The van der Waals surface area contributed by atoms with Crippen LogP contribution in [0.1, 0.15) is 29.9 Å². The molecule has 33 heavy (non-hydrogen) atoms. The minimum Gasteiger partial charge on any atom is -0.480 e. The van der Waals surface area contributed by atoms with Crippen LogP contribution in [0.15, 0.2) is 48.5 Å². The summed E-state index contributed by atoms with van der Waals surface area (Å²) in [5, 5.41) is 21.9. The topological polar surface area (TPSA) is 125 Å². The van der Waals surface area contributed by atoms with Crippen LogP contribution in [-0.4, -0.2) is 59.9 Å². The first-order valence-electron chi connectivity index (χ1n) is 10.3. The molecule has 2 amide bonds. The number of carboxylic acids is 1. The molecule has 176 valence electrons. The molecule has 1 unspecified atom stereocenters. The number of fused-ring (bicyclic) bond motifs is 3. The van der Waals surface area contributed by atoms with E-state index in [4.69, 9.17) is 14.9 Å². The number of hydrogen-bond acceptors (Lipinski definition) is 5. The first-order chi connectivity index (χ1) is 15.8. The molecule has 1 aliphatic rings. The van der Waals surface area contributed by atoms with Crippen molar-refractivity contribution in [3.8, 4) is 11.1 Å². The van der Waals surface area contributed by atoms with E-state index in [-0.39, 0.29) is 18.9 Å². The van der Waals surface area contributed by atoms with Crippen LogP contribution in [-0.2, 0) is 14.3 Å². The largest absolute Gasteiger partial charge is 0.480 e. The molecular formula is C23H24F2N2O6. The van der Waals surface area contributed by atoms with E-state index >= 15 is 0 Å². The number of hydrogen-bond donors (Lipinski definition) is 4. The van der Waals surface area contributed by atoms with E-state index in [0.717, 1.165) is 22.3 Å². The third-order valence-corrected chi connectivity index (χ3v) is 5.41. The highest BCUT2D eigenvalue weighted by Gasteiger charge is 2.31. The molecule has 0 spiro atoms. The second kappa shape index (κ2) is 10.9. The van der Waals surface area contributed by atoms with Gasteiger partial charge in [0.15, 0.2) is 0 Å². The van der Waals surface area contributed by atoms with Gasteiger partial charge in [-0.25, -0.2) is 18.4 Å². The molecule has 0 fully saturated rings. The highest BCUT2D eigenvalue weighted by molar-refractivity contribution is 5.84. The average molecular weight is 462 g/mol. The number of aliphatic hydroxyl groups excluding tert-OH is 1. The summed E-state index contributed by atoms with van der Waals surface area (Å²) in [4.78, 5) is 35.3. The Morgan fingerprint density at radius 3 is 2.06 bits per heavy atom. The van der Waals surface area contributed by atoms with Gasteiger partial charge >= 0.3 is 12.1 Å². The third-order valence-electron chi connectivity index (χ3n) is 5.41. The third kappa shape index (κ3) is 5.83. The van der Waals surface area contributed by atoms with Gasteiger partial charge in [-0.2, -0.15) is 0 Å². The van der Waals surface area contributed by atoms with Crippen LogP contribution in [0.4, 0.5) is 13.6 Å². The van der Waals surface area contributed by atoms with Crippen LogP contribution >= 0.6 is 0 Å². The number of carbonyl (C=O) groups is 3. The molecule has 3 rings (SSSR count). The number of alkyl carbamates (subject to hydrolysis) is 1. The molecule has 0 aliphatic heterocycles. The van der Waals surface area contributed by atoms with Crippen molar-refractivity contribution < 1.29 is 38.1 Å². The predicted octanol–water partition coefficient (Wildman–Crippen LogP) is 2.50. The molecule has 0 heterocycles. The number of halogens is 2. The second-order valence-corrected chi connectivity index (χ2v) is 7.59. The molecule has 10 heteroatoms. The number of amides is 2. The maximum absolute atomic E-state index is 13.4. The summed E-state index contributed by atoms with van der Waals surface area (Å²) < 4.78 is 32.0. The SMILES string of the molecule is O=C(CC(NC(=O)OCC1c2ccccc2-c2ccccc21)C(F)F)N[C@H](CCO)C(=O)O. The predicted molar refractivity (Wildman–Crippen MR) is 114 cm³/mol. The summed E-state index contributed by atoms with van der Waals surface area (Å²) in [7, 11) is 0. The van der Waals surface area contributed by atoms with Gasteiger partial charge in [0.05, 0.1) is 6.42 Å². The highest BCUT2D eigenvalue weighted by Crippen LogP contribution is 2.44. The van der Waals surface area contributed by atoms with Crippen molar-refractivity contribution in [2.24, 2.45) is 0 Å². The fourth-order valence-corrected chi connectivity index (χ4v) is 3.83. The van der Waals surface area contributed by atoms with Crippen molar-refractivity contribution in [2.45, 2.75) is 37.3 Å². The van der Waals surface area contributed by atoms with E-state index in [2.05, 4.69) is 5.32 Å². The fourth-order valence-electron chi connectivity index (χ4n) is 3.83. The molecule has 4 N–H and O–H groups in total. The standard InChI is InChI=1S/C23H24F2N2O6/c24-21(25)19(11-20(29)26-18(9-10-28)22(30)31)27-23(32)33-12-17-15-7-3-1-5-13(15)14-6-2-4-8-16(14)17/h1-8,17-19,21,28H,9-12H2,(H,26,29)(H,27,32)(H,30,31)/t18-,19?/m1/s1. The van der Waals surface area contributed by atoms with Crippen LogP contribution in [0, 0.1) is 0 Å². The van der Waals surface area contributed by atoms with Crippen molar-refractivity contribution in [2.75, 3.05) is 13.2 Å². The summed E-state index contributed by atoms with van der Waals surface area (Å²) in [6.45, 7) is -0.590. The molecule has 0 radical (unpaired) electrons. The fraction of sp³-hybridized carbons (Fsp3) is 0.348. The van der Waals surface area contributed by atoms with Gasteiger partial charge in [-0.1, -0.05) is 48.5 Å². The Hall–Kier alpha value is -3.53. The molecule has 2 aromatic carbocycles. The first kappa shape index (κ1) is 24.1. The molecule has 0 saturated carbocycles. The van der Waals surface area contributed by atoms with Gasteiger partial charge in [0, 0.05) is 18.9 Å². The van der Waals surface area contributed by atoms with Gasteiger partial charge < -0.3 is 25.6 Å². The van der Waals surface area contributed by atoms with Crippen LogP contribution in [0.3, 0.4) is 0 Å². The maximum Gasteiger partial charge on any atom is 0.407 e. The Balaban J connectivity index is 1.60.